The Morgan fingerprint density at radius 1 is 1.18 bits per heavy atom. The van der Waals surface area contributed by atoms with Gasteiger partial charge < -0.3 is 15.5 Å². The van der Waals surface area contributed by atoms with Crippen LogP contribution in [0.1, 0.15) is 47.0 Å². The van der Waals surface area contributed by atoms with E-state index in [0.29, 0.717) is 30.3 Å². The molecule has 0 unspecified atom stereocenters. The van der Waals surface area contributed by atoms with Crippen molar-refractivity contribution in [2.24, 2.45) is 0 Å². The first-order valence-corrected chi connectivity index (χ1v) is 11.1. The number of thiocarbonyl (C=S) groups is 1. The first kappa shape index (κ1) is 24.2. The van der Waals surface area contributed by atoms with Crippen molar-refractivity contribution in [1.82, 2.24) is 14.5 Å². The minimum absolute atomic E-state index is 0.0244. The standard InChI is InChI=1S/C18H31N5O3S2/c1-5-9-11-22(13(24)12-28-18(27)21(7-3)8-4)14-15(19)23(10-6-2)17(26)20-16(14)25/h5-12,19H2,1-4H3,(H,20,25,26). The Hall–Kier alpha value is -1.81. The molecule has 0 atom stereocenters. The Balaban J connectivity index is 3.20. The number of thioether (sulfide) groups is 1. The average molecular weight is 430 g/mol. The van der Waals surface area contributed by atoms with E-state index in [-0.39, 0.29) is 23.2 Å². The molecule has 0 radical (unpaired) electrons. The Morgan fingerprint density at radius 3 is 2.36 bits per heavy atom. The van der Waals surface area contributed by atoms with E-state index in [0.717, 1.165) is 19.5 Å². The van der Waals surface area contributed by atoms with Crippen molar-refractivity contribution in [3.8, 4) is 0 Å². The number of hydrogen-bond acceptors (Lipinski definition) is 6. The van der Waals surface area contributed by atoms with Crippen LogP contribution in [0.15, 0.2) is 9.59 Å². The molecule has 1 aromatic rings. The van der Waals surface area contributed by atoms with Gasteiger partial charge in [0.2, 0.25) is 5.91 Å². The average Bonchev–Trinajstić information content (AvgIpc) is 2.66. The van der Waals surface area contributed by atoms with E-state index in [9.17, 15) is 14.4 Å². The van der Waals surface area contributed by atoms with Gasteiger partial charge in [0.25, 0.3) is 5.56 Å². The fraction of sp³-hybridized carbons (Fsp3) is 0.667. The molecule has 1 amide bonds. The van der Waals surface area contributed by atoms with Gasteiger partial charge in [-0.3, -0.25) is 19.1 Å². The summed E-state index contributed by atoms with van der Waals surface area (Å²) in [4.78, 5) is 43.2. The van der Waals surface area contributed by atoms with Gasteiger partial charge in [-0.25, -0.2) is 4.79 Å². The van der Waals surface area contributed by atoms with E-state index in [1.54, 1.807) is 0 Å². The molecule has 0 spiro atoms. The van der Waals surface area contributed by atoms with Gasteiger partial charge in [-0.2, -0.15) is 0 Å². The molecule has 1 aromatic heterocycles. The summed E-state index contributed by atoms with van der Waals surface area (Å²) in [6, 6.07) is 0. The molecule has 0 saturated carbocycles. The molecule has 10 heteroatoms. The lowest BCUT2D eigenvalue weighted by Gasteiger charge is -2.25. The number of carbonyl (C=O) groups is 1. The van der Waals surface area contributed by atoms with Crippen LogP contribution in [0.2, 0.25) is 0 Å². The lowest BCUT2D eigenvalue weighted by Crippen LogP contribution is -2.42. The molecule has 0 aromatic carbocycles. The number of unbranched alkanes of at least 4 members (excludes halogenated alkanes) is 1. The van der Waals surface area contributed by atoms with Crippen molar-refractivity contribution in [3.63, 3.8) is 0 Å². The maximum absolute atomic E-state index is 12.9. The summed E-state index contributed by atoms with van der Waals surface area (Å²) in [5.74, 6) is -0.131. The number of amides is 1. The molecular formula is C18H31N5O3S2. The van der Waals surface area contributed by atoms with Crippen LogP contribution < -0.4 is 21.9 Å². The number of nitrogens with zero attached hydrogens (tertiary/aromatic N) is 3. The van der Waals surface area contributed by atoms with E-state index in [1.807, 2.05) is 32.6 Å². The molecule has 1 heterocycles. The van der Waals surface area contributed by atoms with E-state index in [1.165, 1.54) is 21.2 Å². The number of nitrogens with one attached hydrogen (secondary N) is 1. The molecule has 3 N–H and O–H groups in total. The second-order valence-electron chi connectivity index (χ2n) is 6.27. The van der Waals surface area contributed by atoms with E-state index < -0.39 is 11.2 Å². The van der Waals surface area contributed by atoms with Crippen LogP contribution >= 0.6 is 24.0 Å². The van der Waals surface area contributed by atoms with Gasteiger partial charge in [-0.15, -0.1) is 0 Å². The number of anilines is 2. The van der Waals surface area contributed by atoms with Crippen LogP contribution in [-0.4, -0.2) is 50.1 Å². The molecule has 0 aliphatic carbocycles. The zero-order chi connectivity index (χ0) is 21.3. The fourth-order valence-electron chi connectivity index (χ4n) is 2.74. The van der Waals surface area contributed by atoms with Crippen molar-refractivity contribution in [2.45, 2.75) is 53.5 Å². The normalized spacial score (nSPS) is 10.7. The van der Waals surface area contributed by atoms with Crippen LogP contribution in [0.3, 0.4) is 0 Å². The summed E-state index contributed by atoms with van der Waals surface area (Å²) in [5.41, 5.74) is 4.97. The first-order valence-electron chi connectivity index (χ1n) is 9.66. The number of carbonyl (C=O) groups excluding carboxylic acids is 1. The van der Waals surface area contributed by atoms with E-state index >= 15 is 0 Å². The second kappa shape index (κ2) is 11.9. The second-order valence-corrected chi connectivity index (χ2v) is 7.88. The van der Waals surface area contributed by atoms with Crippen LogP contribution in [0.4, 0.5) is 11.5 Å². The fourth-order valence-corrected chi connectivity index (χ4v) is 4.01. The maximum atomic E-state index is 12.9. The predicted molar refractivity (Wildman–Crippen MR) is 121 cm³/mol. The highest BCUT2D eigenvalue weighted by atomic mass is 32.2. The highest BCUT2D eigenvalue weighted by Crippen LogP contribution is 2.20. The van der Waals surface area contributed by atoms with Gasteiger partial charge in [-0.05, 0) is 26.7 Å². The minimum atomic E-state index is -0.643. The SMILES string of the molecule is CCCCN(C(=O)CSC(=S)N(CC)CC)c1c(N)n(CCC)c(=O)[nH]c1=O. The maximum Gasteiger partial charge on any atom is 0.330 e. The quantitative estimate of drug-likeness (QED) is 0.548. The molecule has 0 bridgehead atoms. The Bertz CT molecular complexity index is 786. The topological polar surface area (TPSA) is 104 Å². The molecule has 158 valence electrons. The Kier molecular flexibility index (Phi) is 10.3. The van der Waals surface area contributed by atoms with Crippen LogP contribution in [0.25, 0.3) is 0 Å². The molecule has 28 heavy (non-hydrogen) atoms. The molecule has 1 rings (SSSR count). The van der Waals surface area contributed by atoms with Crippen molar-refractivity contribution in [3.05, 3.63) is 20.8 Å². The monoisotopic (exact) mass is 429 g/mol. The molecule has 0 aliphatic rings. The number of aromatic amines is 1. The van der Waals surface area contributed by atoms with Gasteiger partial charge in [0.15, 0.2) is 5.69 Å². The molecule has 0 aliphatic heterocycles. The lowest BCUT2D eigenvalue weighted by atomic mass is 10.2. The summed E-state index contributed by atoms with van der Waals surface area (Å²) in [5, 5.41) is 0. The summed E-state index contributed by atoms with van der Waals surface area (Å²) >= 11 is 6.66. The molecule has 0 saturated heterocycles. The summed E-state index contributed by atoms with van der Waals surface area (Å²) in [6.45, 7) is 10.2. The van der Waals surface area contributed by atoms with E-state index in [2.05, 4.69) is 4.98 Å². The molecule has 8 nitrogen and oxygen atoms in total. The van der Waals surface area contributed by atoms with Gasteiger partial charge in [0, 0.05) is 26.2 Å². The number of nitrogens with two attached hydrogens (primary N) is 1. The number of aromatic nitrogens is 2. The third-order valence-electron chi connectivity index (χ3n) is 4.31. The number of rotatable bonds is 10. The number of H-pyrrole nitrogens is 1. The van der Waals surface area contributed by atoms with Gasteiger partial charge in [0.1, 0.15) is 10.1 Å². The number of nitrogen functional groups attached to an aromatic ring is 1. The Labute approximate surface area is 175 Å². The third-order valence-corrected chi connectivity index (χ3v) is 5.82. The molecule has 0 fully saturated rings. The van der Waals surface area contributed by atoms with Crippen LogP contribution in [0.5, 0.6) is 0 Å². The molecular weight excluding hydrogens is 398 g/mol. The Morgan fingerprint density at radius 2 is 1.82 bits per heavy atom. The number of hydrogen-bond donors (Lipinski definition) is 2. The van der Waals surface area contributed by atoms with Gasteiger partial charge >= 0.3 is 5.69 Å². The summed E-state index contributed by atoms with van der Waals surface area (Å²) in [7, 11) is 0. The highest BCUT2D eigenvalue weighted by molar-refractivity contribution is 8.23. The predicted octanol–water partition coefficient (Wildman–Crippen LogP) is 2.02. The first-order chi connectivity index (χ1) is 13.3. The smallest absolute Gasteiger partial charge is 0.330 e. The zero-order valence-electron chi connectivity index (χ0n) is 17.1. The lowest BCUT2D eigenvalue weighted by molar-refractivity contribution is -0.116. The van der Waals surface area contributed by atoms with Crippen molar-refractivity contribution in [1.29, 1.82) is 0 Å². The van der Waals surface area contributed by atoms with Crippen LogP contribution in [0, 0.1) is 0 Å². The van der Waals surface area contributed by atoms with Gasteiger partial charge in [-0.1, -0.05) is 44.2 Å². The third kappa shape index (κ3) is 6.10. The van der Waals surface area contributed by atoms with Crippen molar-refractivity contribution in [2.75, 3.05) is 36.0 Å². The minimum Gasteiger partial charge on any atom is -0.383 e. The van der Waals surface area contributed by atoms with Gasteiger partial charge in [0.05, 0.1) is 5.75 Å². The largest absolute Gasteiger partial charge is 0.383 e. The van der Waals surface area contributed by atoms with E-state index in [4.69, 9.17) is 18.0 Å². The van der Waals surface area contributed by atoms with Crippen molar-refractivity contribution < 1.29 is 4.79 Å². The summed E-state index contributed by atoms with van der Waals surface area (Å²) in [6.07, 6.45) is 2.23. The summed E-state index contributed by atoms with van der Waals surface area (Å²) < 4.78 is 1.95. The highest BCUT2D eigenvalue weighted by Gasteiger charge is 2.24. The van der Waals surface area contributed by atoms with Crippen molar-refractivity contribution >= 4 is 45.7 Å². The van der Waals surface area contributed by atoms with Crippen LogP contribution in [-0.2, 0) is 11.3 Å². The zero-order valence-corrected chi connectivity index (χ0v) is 18.8.